The van der Waals surface area contributed by atoms with E-state index in [0.717, 1.165) is 12.0 Å². The number of halogens is 2. The number of nitrogens with one attached hydrogen (secondary N) is 1. The number of hydrogen-bond acceptors (Lipinski definition) is 7. The van der Waals surface area contributed by atoms with Gasteiger partial charge in [0.15, 0.2) is 5.82 Å². The topological polar surface area (TPSA) is 117 Å². The Kier molecular flexibility index (Phi) is 7.17. The van der Waals surface area contributed by atoms with Crippen LogP contribution in [0.4, 0.5) is 20.2 Å². The third kappa shape index (κ3) is 5.00. The molecule has 1 aliphatic heterocycles. The van der Waals surface area contributed by atoms with Crippen LogP contribution in [-0.4, -0.2) is 42.1 Å². The first kappa shape index (κ1) is 25.8. The molecule has 10 heteroatoms. The fraction of sp³-hybridized carbons (Fsp3) is 0.172. The summed E-state index contributed by atoms with van der Waals surface area (Å²) in [6, 6.07) is 14.4. The number of amides is 1. The molecule has 4 aromatic rings. The predicted molar refractivity (Wildman–Crippen MR) is 143 cm³/mol. The molecular weight excluding hydrogens is 502 g/mol. The fourth-order valence-corrected chi connectivity index (χ4v) is 4.68. The van der Waals surface area contributed by atoms with Crippen molar-refractivity contribution in [3.05, 3.63) is 89.9 Å². The molecule has 0 unspecified atom stereocenters. The normalized spacial score (nSPS) is 14.6. The lowest BCUT2D eigenvalue weighted by atomic mass is 10.0. The highest BCUT2D eigenvalue weighted by atomic mass is 19.1. The van der Waals surface area contributed by atoms with Crippen LogP contribution in [-0.2, 0) is 0 Å². The summed E-state index contributed by atoms with van der Waals surface area (Å²) in [5, 5.41) is 12.3. The van der Waals surface area contributed by atoms with Gasteiger partial charge in [0.25, 0.3) is 5.91 Å². The molecular formula is C29H24F2N6O2. The summed E-state index contributed by atoms with van der Waals surface area (Å²) in [4.78, 5) is 23.5. The number of benzene rings is 2. The Morgan fingerprint density at radius 1 is 1.21 bits per heavy atom. The first-order valence-corrected chi connectivity index (χ1v) is 12.2. The largest absolute Gasteiger partial charge is 0.496 e. The van der Waals surface area contributed by atoms with Crippen LogP contribution in [0.3, 0.4) is 0 Å². The molecule has 2 aromatic carbocycles. The molecule has 3 N–H and O–H groups in total. The van der Waals surface area contributed by atoms with E-state index in [4.69, 9.17) is 10.5 Å². The Labute approximate surface area is 223 Å². The number of rotatable bonds is 6. The van der Waals surface area contributed by atoms with Gasteiger partial charge in [0.1, 0.15) is 17.3 Å². The van der Waals surface area contributed by atoms with Crippen molar-refractivity contribution in [1.29, 1.82) is 5.26 Å². The minimum atomic E-state index is -0.978. The van der Waals surface area contributed by atoms with Gasteiger partial charge in [0, 0.05) is 43.3 Å². The first-order chi connectivity index (χ1) is 18.9. The van der Waals surface area contributed by atoms with E-state index < -0.39 is 17.5 Å². The zero-order chi connectivity index (χ0) is 27.5. The lowest BCUT2D eigenvalue weighted by Gasteiger charge is -2.23. The van der Waals surface area contributed by atoms with Gasteiger partial charge in [-0.1, -0.05) is 12.1 Å². The summed E-state index contributed by atoms with van der Waals surface area (Å²) >= 11 is 0. The summed E-state index contributed by atoms with van der Waals surface area (Å²) in [6.07, 6.45) is 5.16. The van der Waals surface area contributed by atoms with Crippen molar-refractivity contribution in [3.63, 3.8) is 0 Å². The average Bonchev–Trinajstić information content (AvgIpc) is 3.39. The number of aromatic nitrogens is 2. The highest BCUT2D eigenvalue weighted by Crippen LogP contribution is 2.36. The van der Waals surface area contributed by atoms with E-state index in [-0.39, 0.29) is 28.6 Å². The molecule has 2 aromatic heterocycles. The monoisotopic (exact) mass is 526 g/mol. The second-order valence-electron chi connectivity index (χ2n) is 9.05. The molecule has 0 aliphatic carbocycles. The highest BCUT2D eigenvalue weighted by Gasteiger charge is 2.26. The Morgan fingerprint density at radius 2 is 2.05 bits per heavy atom. The molecule has 0 radical (unpaired) electrons. The Balaban J connectivity index is 1.53. The lowest BCUT2D eigenvalue weighted by Crippen LogP contribution is -2.27. The number of anilines is 2. The molecule has 196 valence electrons. The maximum atomic E-state index is 15.6. The number of methoxy groups -OCH3 is 1. The average molecular weight is 527 g/mol. The van der Waals surface area contributed by atoms with Crippen LogP contribution in [0.15, 0.2) is 67.1 Å². The molecule has 3 heterocycles. The molecule has 1 fully saturated rings. The predicted octanol–water partition coefficient (Wildman–Crippen LogP) is 4.76. The number of pyridine rings is 2. The second-order valence-corrected chi connectivity index (χ2v) is 9.05. The Bertz CT molecular complexity index is 1600. The van der Waals surface area contributed by atoms with Crippen molar-refractivity contribution in [3.8, 4) is 34.2 Å². The summed E-state index contributed by atoms with van der Waals surface area (Å²) in [7, 11) is 1.34. The molecule has 39 heavy (non-hydrogen) atoms. The minimum absolute atomic E-state index is 0.0405. The summed E-state index contributed by atoms with van der Waals surface area (Å²) < 4.78 is 35.5. The van der Waals surface area contributed by atoms with Crippen LogP contribution < -0.4 is 20.7 Å². The minimum Gasteiger partial charge on any atom is -0.496 e. The molecule has 1 amide bonds. The molecule has 5 rings (SSSR count). The summed E-state index contributed by atoms with van der Waals surface area (Å²) in [6.45, 7) is 1.22. The van der Waals surface area contributed by atoms with Crippen LogP contribution in [0.1, 0.15) is 22.3 Å². The highest BCUT2D eigenvalue weighted by molar-refractivity contribution is 6.07. The number of ether oxygens (including phenoxy) is 1. The van der Waals surface area contributed by atoms with Crippen molar-refractivity contribution >= 4 is 17.3 Å². The third-order valence-electron chi connectivity index (χ3n) is 6.63. The van der Waals surface area contributed by atoms with Gasteiger partial charge in [-0.2, -0.15) is 5.26 Å². The standard InChI is InChI=1S/C29H24F2N6O2/c1-39-25-4-2-3-22(30)26(25)28-27(31)20(8-11-35-28)29(38)36-23-6-5-17(21-15-34-10-7-18(21)14-32)13-24(23)37-12-9-19(33)16-37/h2-8,10-11,13,15,19H,9,12,16,33H2,1H3,(H,36,38)/t19-/m0/s1. The number of carbonyl (C=O) groups is 1. The number of carbonyl (C=O) groups excluding carboxylic acids is 1. The summed E-state index contributed by atoms with van der Waals surface area (Å²) in [5.41, 5.74) is 8.28. The van der Waals surface area contributed by atoms with Gasteiger partial charge in [-0.15, -0.1) is 0 Å². The van der Waals surface area contributed by atoms with Crippen molar-refractivity contribution < 1.29 is 18.3 Å². The molecule has 0 saturated carbocycles. The smallest absolute Gasteiger partial charge is 0.258 e. The van der Waals surface area contributed by atoms with Gasteiger partial charge in [-0.05, 0) is 48.4 Å². The van der Waals surface area contributed by atoms with Crippen LogP contribution >= 0.6 is 0 Å². The molecule has 0 spiro atoms. The van der Waals surface area contributed by atoms with E-state index in [1.807, 2.05) is 11.0 Å². The van der Waals surface area contributed by atoms with E-state index in [2.05, 4.69) is 21.4 Å². The summed E-state index contributed by atoms with van der Waals surface area (Å²) in [5.74, 6) is -2.35. The maximum absolute atomic E-state index is 15.6. The number of hydrogen-bond donors (Lipinski definition) is 2. The van der Waals surface area contributed by atoms with Crippen molar-refractivity contribution in [1.82, 2.24) is 9.97 Å². The van der Waals surface area contributed by atoms with Gasteiger partial charge in [-0.25, -0.2) is 8.78 Å². The van der Waals surface area contributed by atoms with Gasteiger partial charge in [0.2, 0.25) is 0 Å². The van der Waals surface area contributed by atoms with Crippen molar-refractivity contribution in [2.75, 3.05) is 30.4 Å². The SMILES string of the molecule is COc1cccc(F)c1-c1nccc(C(=O)Nc2ccc(-c3cnccc3C#N)cc2N2CC[C@H](N)C2)c1F. The fourth-order valence-electron chi connectivity index (χ4n) is 4.68. The van der Waals surface area contributed by atoms with Crippen LogP contribution in [0.2, 0.25) is 0 Å². The second kappa shape index (κ2) is 10.8. The van der Waals surface area contributed by atoms with Crippen LogP contribution in [0.25, 0.3) is 22.4 Å². The Hall–Kier alpha value is -4.88. The number of nitriles is 1. The molecule has 1 saturated heterocycles. The van der Waals surface area contributed by atoms with Gasteiger partial charge in [-0.3, -0.25) is 14.8 Å². The zero-order valence-corrected chi connectivity index (χ0v) is 21.0. The van der Waals surface area contributed by atoms with E-state index >= 15 is 4.39 Å². The molecule has 0 bridgehead atoms. The van der Waals surface area contributed by atoms with Crippen molar-refractivity contribution in [2.24, 2.45) is 5.73 Å². The zero-order valence-electron chi connectivity index (χ0n) is 21.0. The van der Waals surface area contributed by atoms with E-state index in [9.17, 15) is 14.4 Å². The molecule has 8 nitrogen and oxygen atoms in total. The van der Waals surface area contributed by atoms with E-state index in [0.29, 0.717) is 35.6 Å². The van der Waals surface area contributed by atoms with Gasteiger partial charge < -0.3 is 20.7 Å². The third-order valence-corrected chi connectivity index (χ3v) is 6.63. The van der Waals surface area contributed by atoms with E-state index in [1.165, 1.54) is 37.6 Å². The van der Waals surface area contributed by atoms with Crippen LogP contribution in [0, 0.1) is 23.0 Å². The molecule has 1 aliphatic rings. The van der Waals surface area contributed by atoms with Gasteiger partial charge in [0.05, 0.1) is 41.2 Å². The van der Waals surface area contributed by atoms with E-state index in [1.54, 1.807) is 30.6 Å². The first-order valence-electron chi connectivity index (χ1n) is 12.2. The number of nitrogens with two attached hydrogens (primary N) is 1. The lowest BCUT2D eigenvalue weighted by molar-refractivity contribution is 0.102. The Morgan fingerprint density at radius 3 is 2.79 bits per heavy atom. The van der Waals surface area contributed by atoms with Crippen LogP contribution in [0.5, 0.6) is 5.75 Å². The van der Waals surface area contributed by atoms with Gasteiger partial charge >= 0.3 is 0 Å². The quantitative estimate of drug-likeness (QED) is 0.372. The maximum Gasteiger partial charge on any atom is 0.258 e. The number of nitrogens with zero attached hydrogens (tertiary/aromatic N) is 4. The molecule has 1 atom stereocenters. The van der Waals surface area contributed by atoms with Crippen molar-refractivity contribution in [2.45, 2.75) is 12.5 Å².